The van der Waals surface area contributed by atoms with E-state index >= 15 is 0 Å². The summed E-state index contributed by atoms with van der Waals surface area (Å²) in [6.07, 6.45) is 11.0. The van der Waals surface area contributed by atoms with Crippen molar-refractivity contribution in [2.75, 3.05) is 7.11 Å². The van der Waals surface area contributed by atoms with Crippen molar-refractivity contribution in [1.82, 2.24) is 14.5 Å². The van der Waals surface area contributed by atoms with E-state index in [-0.39, 0.29) is 0 Å². The second kappa shape index (κ2) is 11.1. The Morgan fingerprint density at radius 1 is 1.00 bits per heavy atom. The van der Waals surface area contributed by atoms with Gasteiger partial charge in [0.2, 0.25) is 5.88 Å². The molecule has 0 radical (unpaired) electrons. The van der Waals surface area contributed by atoms with E-state index in [0.29, 0.717) is 5.88 Å². The highest BCUT2D eigenvalue weighted by Gasteiger charge is 2.19. The van der Waals surface area contributed by atoms with Gasteiger partial charge in [-0.3, -0.25) is 4.98 Å². The molecule has 0 fully saturated rings. The van der Waals surface area contributed by atoms with Gasteiger partial charge in [-0.05, 0) is 84.7 Å². The first-order valence-electron chi connectivity index (χ1n) is 12.1. The summed E-state index contributed by atoms with van der Waals surface area (Å²) < 4.78 is 7.25. The van der Waals surface area contributed by atoms with Crippen LogP contribution in [0.4, 0.5) is 0 Å². The van der Waals surface area contributed by atoms with E-state index in [1.165, 1.54) is 44.3 Å². The zero-order valence-electron chi connectivity index (χ0n) is 21.7. The Labute approximate surface area is 204 Å². The van der Waals surface area contributed by atoms with Gasteiger partial charge in [0.15, 0.2) is 0 Å². The molecular formula is C30H37N3O. The lowest BCUT2D eigenvalue weighted by Gasteiger charge is -2.12. The third-order valence-corrected chi connectivity index (χ3v) is 6.21. The number of nitrogens with zero attached hydrogens (tertiary/aromatic N) is 3. The molecule has 0 amide bonds. The predicted octanol–water partition coefficient (Wildman–Crippen LogP) is 7.19. The van der Waals surface area contributed by atoms with Gasteiger partial charge in [-0.1, -0.05) is 32.9 Å². The molecule has 3 heterocycles. The number of hydrogen-bond donors (Lipinski definition) is 0. The van der Waals surface area contributed by atoms with Gasteiger partial charge in [-0.15, -0.1) is 0 Å². The third kappa shape index (κ3) is 5.39. The number of benzene rings is 1. The van der Waals surface area contributed by atoms with Gasteiger partial charge in [0.05, 0.1) is 12.6 Å². The second-order valence-electron chi connectivity index (χ2n) is 8.62. The highest BCUT2D eigenvalue weighted by Crippen LogP contribution is 2.35. The number of hydrogen-bond acceptors (Lipinski definition) is 3. The monoisotopic (exact) mass is 455 g/mol. The Hall–Kier alpha value is -3.40. The summed E-state index contributed by atoms with van der Waals surface area (Å²) in [7, 11) is 3.68. The molecule has 0 atom stereocenters. The molecule has 1 aromatic carbocycles. The fourth-order valence-corrected chi connectivity index (χ4v) is 4.39. The minimum Gasteiger partial charge on any atom is -0.481 e. The molecule has 1 aliphatic carbocycles. The normalized spacial score (nSPS) is 11.9. The number of fused-ring (bicyclic) bond motifs is 3. The van der Waals surface area contributed by atoms with Gasteiger partial charge in [-0.2, -0.15) is 0 Å². The number of allylic oxidation sites excluding steroid dienone is 1. The van der Waals surface area contributed by atoms with Crippen LogP contribution in [0.15, 0.2) is 61.2 Å². The second-order valence-corrected chi connectivity index (χ2v) is 8.62. The Morgan fingerprint density at radius 3 is 2.24 bits per heavy atom. The summed E-state index contributed by atoms with van der Waals surface area (Å²) in [6.45, 7) is 14.6. The maximum Gasteiger partial charge on any atom is 0.212 e. The summed E-state index contributed by atoms with van der Waals surface area (Å²) in [6, 6.07) is 8.48. The molecule has 0 N–H and O–H groups in total. The first-order chi connectivity index (χ1) is 16.4. The summed E-state index contributed by atoms with van der Waals surface area (Å²) in [4.78, 5) is 9.04. The Morgan fingerprint density at radius 2 is 1.71 bits per heavy atom. The molecule has 0 unspecified atom stereocenters. The quantitative estimate of drug-likeness (QED) is 0.307. The van der Waals surface area contributed by atoms with Crippen LogP contribution in [0, 0.1) is 13.8 Å². The maximum atomic E-state index is 5.17. The molecule has 1 aliphatic rings. The zero-order valence-corrected chi connectivity index (χ0v) is 21.7. The molecule has 4 aromatic rings. The van der Waals surface area contributed by atoms with E-state index in [9.17, 15) is 0 Å². The van der Waals surface area contributed by atoms with Crippen molar-refractivity contribution < 1.29 is 4.74 Å². The van der Waals surface area contributed by atoms with Crippen molar-refractivity contribution >= 4 is 10.9 Å². The average molecular weight is 456 g/mol. The molecule has 0 saturated heterocycles. The standard InChI is InChI=1S/C21H20N2O.C7H11N.C2H6/c1-4-14-9-20-19(18-8-13(2)7-16(18)12-22-20)10-17(14)15-5-6-21(24-3)23-11-15;1-6-4-8(3)5-7(6)2;1-2/h5-6,9-12H,2,4,7-8H2,1,3H3;4-5H,1-3H3;1-2H3. The number of rotatable bonds is 3. The molecule has 0 spiro atoms. The molecule has 0 bridgehead atoms. The van der Waals surface area contributed by atoms with E-state index < -0.39 is 0 Å². The van der Waals surface area contributed by atoms with Gasteiger partial charge in [0, 0.05) is 48.9 Å². The SMILES string of the molecule is C=C1Cc2cnc3cc(CC)c(-c4ccc(OC)nc4)cc3c2C1.CC.Cc1cn(C)cc1C. The molecule has 3 aromatic heterocycles. The lowest BCUT2D eigenvalue weighted by atomic mass is 9.94. The van der Waals surface area contributed by atoms with E-state index in [4.69, 9.17) is 4.74 Å². The Bertz CT molecular complexity index is 1260. The van der Waals surface area contributed by atoms with Crippen molar-refractivity contribution in [3.63, 3.8) is 0 Å². The minimum atomic E-state index is 0.636. The summed E-state index contributed by atoms with van der Waals surface area (Å²) >= 11 is 0. The number of pyridine rings is 2. The Kier molecular flexibility index (Phi) is 8.27. The molecule has 0 saturated carbocycles. The van der Waals surface area contributed by atoms with Gasteiger partial charge in [0.1, 0.15) is 0 Å². The summed E-state index contributed by atoms with van der Waals surface area (Å²) in [5, 5.41) is 1.24. The highest BCUT2D eigenvalue weighted by molar-refractivity contribution is 5.90. The largest absolute Gasteiger partial charge is 0.481 e. The van der Waals surface area contributed by atoms with Crippen LogP contribution in [0.3, 0.4) is 0 Å². The first kappa shape index (κ1) is 25.2. The van der Waals surface area contributed by atoms with Crippen molar-refractivity contribution in [3.05, 3.63) is 89.0 Å². The molecular weight excluding hydrogens is 418 g/mol. The van der Waals surface area contributed by atoms with E-state index in [1.54, 1.807) is 7.11 Å². The van der Waals surface area contributed by atoms with Crippen molar-refractivity contribution in [2.45, 2.75) is 53.9 Å². The minimum absolute atomic E-state index is 0.636. The molecule has 0 aliphatic heterocycles. The molecule has 34 heavy (non-hydrogen) atoms. The van der Waals surface area contributed by atoms with Crippen LogP contribution in [0.2, 0.25) is 0 Å². The number of aryl methyl sites for hydroxylation is 4. The van der Waals surface area contributed by atoms with Crippen LogP contribution < -0.4 is 4.74 Å². The summed E-state index contributed by atoms with van der Waals surface area (Å²) in [5.41, 5.74) is 11.4. The van der Waals surface area contributed by atoms with Crippen LogP contribution in [0.1, 0.15) is 48.6 Å². The predicted molar refractivity (Wildman–Crippen MR) is 144 cm³/mol. The topological polar surface area (TPSA) is 39.9 Å². The van der Waals surface area contributed by atoms with Crippen molar-refractivity contribution in [3.8, 4) is 17.0 Å². The first-order valence-corrected chi connectivity index (χ1v) is 12.1. The summed E-state index contributed by atoms with van der Waals surface area (Å²) in [5.74, 6) is 0.636. The molecule has 5 rings (SSSR count). The van der Waals surface area contributed by atoms with Gasteiger partial charge < -0.3 is 9.30 Å². The number of aromatic nitrogens is 3. The van der Waals surface area contributed by atoms with Crippen molar-refractivity contribution in [2.24, 2.45) is 7.05 Å². The van der Waals surface area contributed by atoms with E-state index in [2.05, 4.69) is 72.5 Å². The van der Waals surface area contributed by atoms with Crippen molar-refractivity contribution in [1.29, 1.82) is 0 Å². The van der Waals surface area contributed by atoms with Crippen LogP contribution in [0.25, 0.3) is 22.0 Å². The van der Waals surface area contributed by atoms with Crippen LogP contribution in [-0.2, 0) is 26.3 Å². The van der Waals surface area contributed by atoms with E-state index in [1.807, 2.05) is 39.4 Å². The number of ether oxygens (including phenoxy) is 1. The Balaban J connectivity index is 0.000000274. The van der Waals surface area contributed by atoms with Gasteiger partial charge in [-0.25, -0.2) is 4.98 Å². The fraction of sp³-hybridized carbons (Fsp3) is 0.333. The lowest BCUT2D eigenvalue weighted by molar-refractivity contribution is 0.398. The smallest absolute Gasteiger partial charge is 0.212 e. The van der Waals surface area contributed by atoms with Gasteiger partial charge in [0.25, 0.3) is 0 Å². The maximum absolute atomic E-state index is 5.17. The van der Waals surface area contributed by atoms with Crippen LogP contribution >= 0.6 is 0 Å². The zero-order chi connectivity index (χ0) is 24.8. The number of methoxy groups -OCH3 is 1. The average Bonchev–Trinajstić information content (AvgIpc) is 3.39. The third-order valence-electron chi connectivity index (χ3n) is 6.21. The van der Waals surface area contributed by atoms with Crippen LogP contribution in [-0.4, -0.2) is 21.6 Å². The fourth-order valence-electron chi connectivity index (χ4n) is 4.39. The van der Waals surface area contributed by atoms with Gasteiger partial charge >= 0.3 is 0 Å². The molecule has 4 heteroatoms. The molecule has 178 valence electrons. The molecule has 4 nitrogen and oxygen atoms in total. The van der Waals surface area contributed by atoms with Crippen LogP contribution in [0.5, 0.6) is 5.88 Å². The van der Waals surface area contributed by atoms with E-state index in [0.717, 1.165) is 30.3 Å². The highest BCUT2D eigenvalue weighted by atomic mass is 16.5. The lowest BCUT2D eigenvalue weighted by Crippen LogP contribution is -1.95.